The number of amides is 1. The van der Waals surface area contributed by atoms with Crippen LogP contribution in [-0.2, 0) is 31.3 Å². The largest absolute Gasteiger partial charge is 0.444 e. The summed E-state index contributed by atoms with van der Waals surface area (Å²) in [7, 11) is -1.95. The van der Waals surface area contributed by atoms with Gasteiger partial charge in [-0.1, -0.05) is 13.0 Å². The molecule has 36 heavy (non-hydrogen) atoms. The summed E-state index contributed by atoms with van der Waals surface area (Å²) < 4.78 is 36.2. The van der Waals surface area contributed by atoms with Gasteiger partial charge in [-0.05, 0) is 53.2 Å². The Labute approximate surface area is 213 Å². The third-order valence-electron chi connectivity index (χ3n) is 6.56. The Bertz CT molecular complexity index is 1290. The van der Waals surface area contributed by atoms with Crippen LogP contribution in [-0.4, -0.2) is 71.5 Å². The van der Waals surface area contributed by atoms with Crippen molar-refractivity contribution in [2.45, 2.75) is 82.3 Å². The molecule has 1 saturated heterocycles. The van der Waals surface area contributed by atoms with Crippen molar-refractivity contribution in [3.63, 3.8) is 0 Å². The van der Waals surface area contributed by atoms with Gasteiger partial charge in [0.05, 0.1) is 30.5 Å². The van der Waals surface area contributed by atoms with Crippen LogP contribution in [0.2, 0.25) is 0 Å². The van der Waals surface area contributed by atoms with Gasteiger partial charge in [0, 0.05) is 30.5 Å². The zero-order valence-corrected chi connectivity index (χ0v) is 23.0. The molecule has 11 heteroatoms. The van der Waals surface area contributed by atoms with Crippen LogP contribution in [0.25, 0.3) is 0 Å². The Hall–Kier alpha value is -2.79. The van der Waals surface area contributed by atoms with Gasteiger partial charge in [0.1, 0.15) is 17.2 Å². The molecule has 0 spiro atoms. The van der Waals surface area contributed by atoms with Crippen LogP contribution < -0.4 is 4.90 Å². The molecule has 2 aliphatic heterocycles. The van der Waals surface area contributed by atoms with Crippen molar-refractivity contribution in [1.82, 2.24) is 19.9 Å². The number of nitrogens with zero attached hydrogens (tertiary/aromatic N) is 5. The summed E-state index contributed by atoms with van der Waals surface area (Å²) in [6, 6.07) is 5.51. The molecule has 1 fully saturated rings. The van der Waals surface area contributed by atoms with Gasteiger partial charge < -0.3 is 19.3 Å². The average Bonchev–Trinajstić information content (AvgIpc) is 2.99. The number of aromatic nitrogens is 3. The van der Waals surface area contributed by atoms with Gasteiger partial charge in [-0.15, -0.1) is 0 Å². The van der Waals surface area contributed by atoms with E-state index in [0.717, 1.165) is 11.8 Å². The molecule has 0 aromatic carbocycles. The smallest absolute Gasteiger partial charge is 0.410 e. The Morgan fingerprint density at radius 2 is 1.94 bits per heavy atom. The Balaban J connectivity index is 1.75. The lowest BCUT2D eigenvalue weighted by atomic mass is 9.73. The second kappa shape index (κ2) is 8.65. The number of carbonyl (C=O) groups excluding carboxylic acids is 1. The van der Waals surface area contributed by atoms with Crippen molar-refractivity contribution in [2.24, 2.45) is 0 Å². The lowest BCUT2D eigenvalue weighted by molar-refractivity contribution is -0.0893. The highest BCUT2D eigenvalue weighted by Crippen LogP contribution is 2.52. The fourth-order valence-electron chi connectivity index (χ4n) is 4.70. The third-order valence-corrected chi connectivity index (χ3v) is 7.42. The molecule has 2 aromatic heterocycles. The van der Waals surface area contributed by atoms with E-state index in [0.29, 0.717) is 30.4 Å². The van der Waals surface area contributed by atoms with E-state index in [1.165, 1.54) is 4.90 Å². The zero-order chi connectivity index (χ0) is 26.7. The normalized spacial score (nSPS) is 23.1. The molecule has 4 rings (SSSR count). The number of ether oxygens (including phenoxy) is 2. The van der Waals surface area contributed by atoms with Gasteiger partial charge in [0.25, 0.3) is 0 Å². The predicted octanol–water partition coefficient (Wildman–Crippen LogP) is 3.62. The van der Waals surface area contributed by atoms with Gasteiger partial charge in [0.2, 0.25) is 15.0 Å². The van der Waals surface area contributed by atoms with Gasteiger partial charge in [-0.2, -0.15) is 0 Å². The van der Waals surface area contributed by atoms with Gasteiger partial charge >= 0.3 is 6.09 Å². The molecule has 0 N–H and O–H groups in total. The van der Waals surface area contributed by atoms with E-state index in [1.807, 2.05) is 57.7 Å². The van der Waals surface area contributed by atoms with E-state index in [-0.39, 0.29) is 23.3 Å². The SMILES string of the molecule is CN(Cc1cccc(N2c3nc(S(C)(=O)=O)ncc3[C@@]3(C)COC(C)(C)C[C@@H]23)n1)C(=O)OC(C)(C)C. The number of anilines is 2. The Kier molecular flexibility index (Phi) is 6.32. The van der Waals surface area contributed by atoms with Gasteiger partial charge in [-0.25, -0.2) is 28.2 Å². The van der Waals surface area contributed by atoms with Crippen LogP contribution in [0.3, 0.4) is 0 Å². The summed E-state index contributed by atoms with van der Waals surface area (Å²) in [4.78, 5) is 29.5. The number of sulfone groups is 1. The molecule has 0 radical (unpaired) electrons. The van der Waals surface area contributed by atoms with E-state index in [2.05, 4.69) is 16.9 Å². The molecule has 0 bridgehead atoms. The maximum absolute atomic E-state index is 12.5. The highest BCUT2D eigenvalue weighted by molar-refractivity contribution is 7.90. The molecule has 196 valence electrons. The first-order valence-electron chi connectivity index (χ1n) is 11.9. The molecule has 4 heterocycles. The number of pyridine rings is 1. The summed E-state index contributed by atoms with van der Waals surface area (Å²) >= 11 is 0. The van der Waals surface area contributed by atoms with Crippen molar-refractivity contribution in [1.29, 1.82) is 0 Å². The van der Waals surface area contributed by atoms with E-state index in [9.17, 15) is 13.2 Å². The van der Waals surface area contributed by atoms with E-state index >= 15 is 0 Å². The molecule has 2 aromatic rings. The Morgan fingerprint density at radius 3 is 2.58 bits per heavy atom. The van der Waals surface area contributed by atoms with Crippen molar-refractivity contribution in [3.8, 4) is 0 Å². The van der Waals surface area contributed by atoms with Crippen molar-refractivity contribution >= 4 is 27.6 Å². The van der Waals surface area contributed by atoms with Crippen LogP contribution in [0.1, 0.15) is 59.2 Å². The fourth-order valence-corrected chi connectivity index (χ4v) is 5.20. The fraction of sp³-hybridized carbons (Fsp3) is 0.600. The summed E-state index contributed by atoms with van der Waals surface area (Å²) in [6.45, 7) is 12.3. The quantitative estimate of drug-likeness (QED) is 0.561. The topological polar surface area (TPSA) is 115 Å². The zero-order valence-electron chi connectivity index (χ0n) is 22.2. The monoisotopic (exact) mass is 517 g/mol. The molecule has 0 aliphatic carbocycles. The molecule has 2 aliphatic rings. The molecule has 2 atom stereocenters. The van der Waals surface area contributed by atoms with Crippen LogP contribution in [0, 0.1) is 0 Å². The number of hydrogen-bond donors (Lipinski definition) is 0. The summed E-state index contributed by atoms with van der Waals surface area (Å²) in [6.07, 6.45) is 2.94. The molecular weight excluding hydrogens is 482 g/mol. The van der Waals surface area contributed by atoms with Gasteiger partial charge in [0.15, 0.2) is 0 Å². The van der Waals surface area contributed by atoms with Crippen LogP contribution >= 0.6 is 0 Å². The second-order valence-corrected chi connectivity index (χ2v) is 13.5. The van der Waals surface area contributed by atoms with E-state index in [1.54, 1.807) is 13.2 Å². The maximum atomic E-state index is 12.5. The van der Waals surface area contributed by atoms with Crippen molar-refractivity contribution < 1.29 is 22.7 Å². The first-order chi connectivity index (χ1) is 16.5. The highest BCUT2D eigenvalue weighted by atomic mass is 32.2. The van der Waals surface area contributed by atoms with Gasteiger partial charge in [-0.3, -0.25) is 0 Å². The number of carbonyl (C=O) groups is 1. The first-order valence-corrected chi connectivity index (χ1v) is 13.8. The lowest BCUT2D eigenvalue weighted by Gasteiger charge is -2.46. The van der Waals surface area contributed by atoms with E-state index in [4.69, 9.17) is 14.5 Å². The Morgan fingerprint density at radius 1 is 1.25 bits per heavy atom. The summed E-state index contributed by atoms with van der Waals surface area (Å²) in [5, 5.41) is -0.227. The molecule has 1 amide bonds. The summed E-state index contributed by atoms with van der Waals surface area (Å²) in [5.41, 5.74) is 0.0584. The maximum Gasteiger partial charge on any atom is 0.410 e. The van der Waals surface area contributed by atoms with Crippen LogP contribution in [0.4, 0.5) is 16.4 Å². The minimum Gasteiger partial charge on any atom is -0.444 e. The van der Waals surface area contributed by atoms with E-state index < -0.39 is 26.9 Å². The number of rotatable bonds is 4. The standard InChI is InChI=1S/C25H35N5O5S/c1-23(2,3)35-22(31)29(7)14-16-10-9-11-19(27-16)30-18-12-24(4,5)34-15-25(18,6)17-13-26-21(28-20(17)30)36(8,32)33/h9-11,13,18H,12,14-15H2,1-8H3/t18-,25-/m1/s1. The molecule has 10 nitrogen and oxygen atoms in total. The number of hydrogen-bond acceptors (Lipinski definition) is 9. The molecular formula is C25H35N5O5S. The minimum absolute atomic E-state index is 0.0771. The summed E-state index contributed by atoms with van der Waals surface area (Å²) in [5.74, 6) is 1.14. The first kappa shape index (κ1) is 26.3. The van der Waals surface area contributed by atoms with Crippen molar-refractivity contribution in [3.05, 3.63) is 35.7 Å². The second-order valence-electron chi connectivity index (χ2n) is 11.5. The van der Waals surface area contributed by atoms with Crippen molar-refractivity contribution in [2.75, 3.05) is 24.8 Å². The average molecular weight is 518 g/mol. The number of fused-ring (bicyclic) bond motifs is 3. The third kappa shape index (κ3) is 5.04. The highest BCUT2D eigenvalue weighted by Gasteiger charge is 2.55. The lowest BCUT2D eigenvalue weighted by Crippen LogP contribution is -2.54. The predicted molar refractivity (Wildman–Crippen MR) is 135 cm³/mol. The minimum atomic E-state index is -3.61. The van der Waals surface area contributed by atoms with Crippen LogP contribution in [0.5, 0.6) is 0 Å². The van der Waals surface area contributed by atoms with Crippen LogP contribution in [0.15, 0.2) is 29.6 Å². The molecule has 0 saturated carbocycles. The molecule has 0 unspecified atom stereocenters.